The standard InChI is InChI=1S/C16H25N3O2/c1-2-18-8-5-12(6-9-18)10-15-17-11-14-13(16(20)21)4-3-7-19(14)15/h11-13H,2-10H2,1H3,(H,20,21). The van der Waals surface area contributed by atoms with Crippen LogP contribution >= 0.6 is 0 Å². The highest BCUT2D eigenvalue weighted by Crippen LogP contribution is 2.30. The Morgan fingerprint density at radius 3 is 2.76 bits per heavy atom. The van der Waals surface area contributed by atoms with Crippen LogP contribution in [-0.4, -0.2) is 45.2 Å². The fourth-order valence-electron chi connectivity index (χ4n) is 3.74. The third-order valence-electron chi connectivity index (χ3n) is 5.12. The third-order valence-corrected chi connectivity index (χ3v) is 5.12. The summed E-state index contributed by atoms with van der Waals surface area (Å²) in [4.78, 5) is 18.4. The van der Waals surface area contributed by atoms with Gasteiger partial charge < -0.3 is 14.6 Å². The van der Waals surface area contributed by atoms with Gasteiger partial charge in [0.25, 0.3) is 0 Å². The van der Waals surface area contributed by atoms with Crippen molar-refractivity contribution in [1.82, 2.24) is 14.5 Å². The number of imidazole rings is 1. The molecule has 116 valence electrons. The molecule has 0 radical (unpaired) electrons. The van der Waals surface area contributed by atoms with E-state index in [2.05, 4.69) is 21.4 Å². The Balaban J connectivity index is 1.69. The fraction of sp³-hybridized carbons (Fsp3) is 0.750. The summed E-state index contributed by atoms with van der Waals surface area (Å²) >= 11 is 0. The number of nitrogens with zero attached hydrogens (tertiary/aromatic N) is 3. The molecule has 1 saturated heterocycles. The lowest BCUT2D eigenvalue weighted by Gasteiger charge is -2.31. The molecule has 5 nitrogen and oxygen atoms in total. The topological polar surface area (TPSA) is 58.4 Å². The molecule has 3 rings (SSSR count). The van der Waals surface area contributed by atoms with Gasteiger partial charge >= 0.3 is 5.97 Å². The monoisotopic (exact) mass is 291 g/mol. The van der Waals surface area contributed by atoms with Gasteiger partial charge in [0.05, 0.1) is 11.6 Å². The van der Waals surface area contributed by atoms with E-state index in [0.29, 0.717) is 5.92 Å². The number of aromatic nitrogens is 2. The van der Waals surface area contributed by atoms with Gasteiger partial charge in [-0.25, -0.2) is 4.98 Å². The number of hydrogen-bond donors (Lipinski definition) is 1. The maximum atomic E-state index is 11.3. The lowest BCUT2D eigenvalue weighted by atomic mass is 9.92. The molecule has 1 N–H and O–H groups in total. The molecule has 1 fully saturated rings. The summed E-state index contributed by atoms with van der Waals surface area (Å²) in [6.07, 6.45) is 6.96. The molecule has 1 aromatic heterocycles. The van der Waals surface area contributed by atoms with Crippen LogP contribution in [0.2, 0.25) is 0 Å². The van der Waals surface area contributed by atoms with E-state index in [1.165, 1.54) is 25.9 Å². The Morgan fingerprint density at radius 1 is 1.33 bits per heavy atom. The highest BCUT2D eigenvalue weighted by atomic mass is 16.4. The number of carboxylic acids is 1. The van der Waals surface area contributed by atoms with Crippen LogP contribution in [0.25, 0.3) is 0 Å². The lowest BCUT2D eigenvalue weighted by molar-refractivity contribution is -0.139. The summed E-state index contributed by atoms with van der Waals surface area (Å²) in [5, 5.41) is 9.33. The Labute approximate surface area is 126 Å². The molecule has 2 aliphatic rings. The van der Waals surface area contributed by atoms with Gasteiger partial charge in [0.1, 0.15) is 5.82 Å². The quantitative estimate of drug-likeness (QED) is 0.923. The van der Waals surface area contributed by atoms with Crippen molar-refractivity contribution in [3.63, 3.8) is 0 Å². The number of hydrogen-bond acceptors (Lipinski definition) is 3. The minimum absolute atomic E-state index is 0.359. The zero-order valence-electron chi connectivity index (χ0n) is 12.8. The Bertz CT molecular complexity index is 504. The first-order chi connectivity index (χ1) is 10.2. The van der Waals surface area contributed by atoms with E-state index in [1.54, 1.807) is 6.20 Å². The number of fused-ring (bicyclic) bond motifs is 1. The van der Waals surface area contributed by atoms with Crippen LogP contribution < -0.4 is 0 Å². The molecule has 1 atom stereocenters. The van der Waals surface area contributed by atoms with Crippen molar-refractivity contribution < 1.29 is 9.90 Å². The van der Waals surface area contributed by atoms with Crippen LogP contribution in [0, 0.1) is 5.92 Å². The van der Waals surface area contributed by atoms with Gasteiger partial charge in [-0.05, 0) is 51.2 Å². The molecule has 5 heteroatoms. The summed E-state index contributed by atoms with van der Waals surface area (Å²) in [6.45, 7) is 6.67. The second kappa shape index (κ2) is 6.18. The zero-order valence-corrected chi connectivity index (χ0v) is 12.8. The molecule has 0 saturated carbocycles. The average Bonchev–Trinajstić information content (AvgIpc) is 2.91. The highest BCUT2D eigenvalue weighted by molar-refractivity contribution is 5.75. The Morgan fingerprint density at radius 2 is 2.10 bits per heavy atom. The van der Waals surface area contributed by atoms with Gasteiger partial charge in [0.2, 0.25) is 0 Å². The molecule has 3 heterocycles. The summed E-state index contributed by atoms with van der Waals surface area (Å²) < 4.78 is 2.18. The molecule has 1 aromatic rings. The maximum absolute atomic E-state index is 11.3. The summed E-state index contributed by atoms with van der Waals surface area (Å²) in [5.74, 6) is 0.732. The highest BCUT2D eigenvalue weighted by Gasteiger charge is 2.29. The molecule has 1 unspecified atom stereocenters. The van der Waals surface area contributed by atoms with Gasteiger partial charge in [-0.3, -0.25) is 4.79 Å². The molecule has 0 aromatic carbocycles. The summed E-state index contributed by atoms with van der Waals surface area (Å²) in [7, 11) is 0. The molecule has 0 bridgehead atoms. The lowest BCUT2D eigenvalue weighted by Crippen LogP contribution is -2.34. The van der Waals surface area contributed by atoms with E-state index in [1.807, 2.05) is 0 Å². The van der Waals surface area contributed by atoms with Crippen LogP contribution in [0.4, 0.5) is 0 Å². The van der Waals surface area contributed by atoms with E-state index in [4.69, 9.17) is 0 Å². The number of likely N-dealkylation sites (tertiary alicyclic amines) is 1. The van der Waals surface area contributed by atoms with E-state index < -0.39 is 5.97 Å². The first kappa shape index (κ1) is 14.6. The van der Waals surface area contributed by atoms with Gasteiger partial charge in [0, 0.05) is 19.2 Å². The van der Waals surface area contributed by atoms with Crippen LogP contribution in [0.3, 0.4) is 0 Å². The minimum atomic E-state index is -0.710. The SMILES string of the molecule is CCN1CCC(Cc2ncc3n2CCCC3C(=O)O)CC1. The zero-order chi connectivity index (χ0) is 14.8. The Kier molecular flexibility index (Phi) is 4.29. The summed E-state index contributed by atoms with van der Waals surface area (Å²) in [5.41, 5.74) is 0.912. The fourth-order valence-corrected chi connectivity index (χ4v) is 3.74. The van der Waals surface area contributed by atoms with E-state index in [9.17, 15) is 9.90 Å². The molecular weight excluding hydrogens is 266 g/mol. The second-order valence-corrected chi connectivity index (χ2v) is 6.37. The Hall–Kier alpha value is -1.36. The van der Waals surface area contributed by atoms with E-state index >= 15 is 0 Å². The number of carboxylic acid groups (broad SMARTS) is 1. The predicted octanol–water partition coefficient (Wildman–Crippen LogP) is 2.12. The van der Waals surface area contributed by atoms with Crippen molar-refractivity contribution in [2.75, 3.05) is 19.6 Å². The van der Waals surface area contributed by atoms with Gasteiger partial charge in [-0.2, -0.15) is 0 Å². The largest absolute Gasteiger partial charge is 0.481 e. The average molecular weight is 291 g/mol. The molecule has 0 aliphatic carbocycles. The third kappa shape index (κ3) is 2.98. The molecular formula is C16H25N3O2. The molecule has 0 amide bonds. The van der Waals surface area contributed by atoms with Crippen LogP contribution in [0.5, 0.6) is 0 Å². The first-order valence-corrected chi connectivity index (χ1v) is 8.18. The van der Waals surface area contributed by atoms with Crippen molar-refractivity contribution in [3.8, 4) is 0 Å². The van der Waals surface area contributed by atoms with E-state index in [-0.39, 0.29) is 5.92 Å². The first-order valence-electron chi connectivity index (χ1n) is 8.18. The molecule has 2 aliphatic heterocycles. The van der Waals surface area contributed by atoms with Crippen LogP contribution in [0.15, 0.2) is 6.20 Å². The summed E-state index contributed by atoms with van der Waals surface area (Å²) in [6, 6.07) is 0. The maximum Gasteiger partial charge on any atom is 0.312 e. The minimum Gasteiger partial charge on any atom is -0.481 e. The molecule has 0 spiro atoms. The number of rotatable bonds is 4. The van der Waals surface area contributed by atoms with Crippen LogP contribution in [0.1, 0.15) is 50.0 Å². The van der Waals surface area contributed by atoms with Crippen molar-refractivity contribution in [2.45, 2.75) is 51.5 Å². The van der Waals surface area contributed by atoms with Gasteiger partial charge in [-0.15, -0.1) is 0 Å². The number of aliphatic carboxylic acids is 1. The second-order valence-electron chi connectivity index (χ2n) is 6.37. The van der Waals surface area contributed by atoms with Crippen LogP contribution in [-0.2, 0) is 17.8 Å². The number of piperidine rings is 1. The van der Waals surface area contributed by atoms with Gasteiger partial charge in [-0.1, -0.05) is 6.92 Å². The molecule has 21 heavy (non-hydrogen) atoms. The normalized spacial score (nSPS) is 24.0. The van der Waals surface area contributed by atoms with E-state index in [0.717, 1.165) is 43.9 Å². The number of carbonyl (C=O) groups is 1. The smallest absolute Gasteiger partial charge is 0.312 e. The van der Waals surface area contributed by atoms with Gasteiger partial charge in [0.15, 0.2) is 0 Å². The van der Waals surface area contributed by atoms with Crippen molar-refractivity contribution in [3.05, 3.63) is 17.7 Å². The predicted molar refractivity (Wildman–Crippen MR) is 80.4 cm³/mol. The van der Waals surface area contributed by atoms with Crippen molar-refractivity contribution in [1.29, 1.82) is 0 Å². The van der Waals surface area contributed by atoms with Crippen molar-refractivity contribution in [2.24, 2.45) is 5.92 Å². The van der Waals surface area contributed by atoms with Crippen molar-refractivity contribution >= 4 is 5.97 Å².